The van der Waals surface area contributed by atoms with E-state index in [0.717, 1.165) is 11.1 Å². The highest BCUT2D eigenvalue weighted by molar-refractivity contribution is 5.88. The number of rotatable bonds is 7. The minimum atomic E-state index is -0.635. The van der Waals surface area contributed by atoms with Gasteiger partial charge in [-0.25, -0.2) is 4.39 Å². The Morgan fingerprint density at radius 3 is 2.81 bits per heavy atom. The molecule has 166 valence electrons. The summed E-state index contributed by atoms with van der Waals surface area (Å²) in [6, 6.07) is 15.0. The molecular formula is C23H24FN5O3. The molecule has 2 aromatic carbocycles. The highest BCUT2D eigenvalue weighted by Crippen LogP contribution is 2.19. The fraction of sp³-hybridized carbons (Fsp3) is 0.304. The highest BCUT2D eigenvalue weighted by atomic mass is 19.1. The number of benzene rings is 2. The van der Waals surface area contributed by atoms with Crippen molar-refractivity contribution in [1.82, 2.24) is 25.3 Å². The molecule has 1 atom stereocenters. The van der Waals surface area contributed by atoms with Gasteiger partial charge in [0.25, 0.3) is 0 Å². The SMILES string of the molecule is CN(Cc1nnc(-c2ccccc2)o1)C(=O)C[C@@H]1C(=O)NCCN1Cc1cccc(F)c1. The van der Waals surface area contributed by atoms with Gasteiger partial charge in [-0.05, 0) is 29.8 Å². The molecular weight excluding hydrogens is 413 g/mol. The standard InChI is InChI=1S/C23H24FN5O3/c1-28(15-20-26-27-23(32-20)17-7-3-2-4-8-17)21(30)13-19-22(31)25-10-11-29(19)14-16-6-5-9-18(24)12-16/h2-9,12,19H,10-11,13-15H2,1H3,(H,25,31)/t19-/m1/s1. The molecule has 0 saturated carbocycles. The van der Waals surface area contributed by atoms with Gasteiger partial charge in [0, 0.05) is 32.2 Å². The summed E-state index contributed by atoms with van der Waals surface area (Å²) in [5.74, 6) is -0.0705. The average molecular weight is 437 g/mol. The van der Waals surface area contributed by atoms with Crippen LogP contribution in [0.5, 0.6) is 0 Å². The monoisotopic (exact) mass is 437 g/mol. The van der Waals surface area contributed by atoms with E-state index in [9.17, 15) is 14.0 Å². The number of amides is 2. The van der Waals surface area contributed by atoms with E-state index in [4.69, 9.17) is 4.42 Å². The molecule has 0 unspecified atom stereocenters. The van der Waals surface area contributed by atoms with Crippen LogP contribution in [0.1, 0.15) is 17.9 Å². The zero-order valence-electron chi connectivity index (χ0n) is 17.7. The lowest BCUT2D eigenvalue weighted by atomic mass is 10.1. The van der Waals surface area contributed by atoms with Crippen LogP contribution in [0.4, 0.5) is 4.39 Å². The van der Waals surface area contributed by atoms with Crippen molar-refractivity contribution in [3.63, 3.8) is 0 Å². The van der Waals surface area contributed by atoms with E-state index in [1.165, 1.54) is 17.0 Å². The minimum absolute atomic E-state index is 0.00265. The van der Waals surface area contributed by atoms with Gasteiger partial charge in [0.2, 0.25) is 23.6 Å². The molecule has 1 N–H and O–H groups in total. The first kappa shape index (κ1) is 21.6. The van der Waals surface area contributed by atoms with Crippen LogP contribution in [0.2, 0.25) is 0 Å². The third kappa shape index (κ3) is 5.17. The molecule has 4 rings (SSSR count). The van der Waals surface area contributed by atoms with Crippen molar-refractivity contribution in [3.8, 4) is 11.5 Å². The normalized spacial score (nSPS) is 16.6. The van der Waals surface area contributed by atoms with Gasteiger partial charge < -0.3 is 14.6 Å². The van der Waals surface area contributed by atoms with E-state index >= 15 is 0 Å². The van der Waals surface area contributed by atoms with Gasteiger partial charge in [0.15, 0.2) is 0 Å². The molecule has 9 heteroatoms. The van der Waals surface area contributed by atoms with Crippen molar-refractivity contribution < 1.29 is 18.4 Å². The largest absolute Gasteiger partial charge is 0.419 e. The van der Waals surface area contributed by atoms with Crippen LogP contribution in [0.15, 0.2) is 59.0 Å². The summed E-state index contributed by atoms with van der Waals surface area (Å²) in [6.45, 7) is 1.58. The number of carbonyl (C=O) groups excluding carboxylic acids is 2. The van der Waals surface area contributed by atoms with E-state index in [-0.39, 0.29) is 30.6 Å². The Labute approximate surface area is 185 Å². The topological polar surface area (TPSA) is 91.6 Å². The Morgan fingerprint density at radius 1 is 1.22 bits per heavy atom. The fourth-order valence-electron chi connectivity index (χ4n) is 3.67. The molecule has 1 fully saturated rings. The van der Waals surface area contributed by atoms with E-state index in [2.05, 4.69) is 15.5 Å². The first-order valence-electron chi connectivity index (χ1n) is 10.4. The molecule has 1 aliphatic rings. The zero-order chi connectivity index (χ0) is 22.5. The van der Waals surface area contributed by atoms with Gasteiger partial charge in [0.1, 0.15) is 5.82 Å². The Morgan fingerprint density at radius 2 is 2.03 bits per heavy atom. The number of halogens is 1. The molecule has 0 aliphatic carbocycles. The van der Waals surface area contributed by atoms with Gasteiger partial charge in [-0.15, -0.1) is 10.2 Å². The van der Waals surface area contributed by atoms with Crippen LogP contribution >= 0.6 is 0 Å². The van der Waals surface area contributed by atoms with Gasteiger partial charge in [-0.3, -0.25) is 14.5 Å². The van der Waals surface area contributed by atoms with Crippen molar-refractivity contribution in [3.05, 3.63) is 71.9 Å². The second kappa shape index (κ2) is 9.69. The summed E-state index contributed by atoms with van der Waals surface area (Å²) in [7, 11) is 1.63. The third-order valence-electron chi connectivity index (χ3n) is 5.37. The maximum Gasteiger partial charge on any atom is 0.247 e. The smallest absolute Gasteiger partial charge is 0.247 e. The minimum Gasteiger partial charge on any atom is -0.419 e. The average Bonchev–Trinajstić information content (AvgIpc) is 3.25. The Balaban J connectivity index is 1.39. The molecule has 1 aromatic heterocycles. The molecule has 0 radical (unpaired) electrons. The lowest BCUT2D eigenvalue weighted by molar-refractivity contribution is -0.138. The maximum absolute atomic E-state index is 13.5. The van der Waals surface area contributed by atoms with Crippen LogP contribution in [0.25, 0.3) is 11.5 Å². The summed E-state index contributed by atoms with van der Waals surface area (Å²) in [6.07, 6.45) is -0.00265. The molecule has 2 heterocycles. The number of hydrogen-bond acceptors (Lipinski definition) is 6. The van der Waals surface area contributed by atoms with Crippen LogP contribution < -0.4 is 5.32 Å². The second-order valence-corrected chi connectivity index (χ2v) is 7.73. The Bertz CT molecular complexity index is 1090. The molecule has 0 spiro atoms. The van der Waals surface area contributed by atoms with E-state index in [1.807, 2.05) is 35.2 Å². The Kier molecular flexibility index (Phi) is 6.55. The van der Waals surface area contributed by atoms with Crippen molar-refractivity contribution in [1.29, 1.82) is 0 Å². The van der Waals surface area contributed by atoms with Crippen LogP contribution in [-0.4, -0.2) is 58.0 Å². The van der Waals surface area contributed by atoms with Gasteiger partial charge in [0.05, 0.1) is 19.0 Å². The summed E-state index contributed by atoms with van der Waals surface area (Å²) in [5.41, 5.74) is 1.55. The summed E-state index contributed by atoms with van der Waals surface area (Å²) >= 11 is 0. The van der Waals surface area contributed by atoms with Crippen LogP contribution in [0, 0.1) is 5.82 Å². The van der Waals surface area contributed by atoms with Gasteiger partial charge in [-0.1, -0.05) is 30.3 Å². The quantitative estimate of drug-likeness (QED) is 0.610. The van der Waals surface area contributed by atoms with E-state index < -0.39 is 6.04 Å². The van der Waals surface area contributed by atoms with Gasteiger partial charge in [-0.2, -0.15) is 0 Å². The molecule has 1 saturated heterocycles. The van der Waals surface area contributed by atoms with Crippen LogP contribution in [0.3, 0.4) is 0 Å². The highest BCUT2D eigenvalue weighted by Gasteiger charge is 2.32. The molecule has 32 heavy (non-hydrogen) atoms. The Hall–Kier alpha value is -3.59. The first-order valence-corrected chi connectivity index (χ1v) is 10.4. The molecule has 0 bridgehead atoms. The number of piperazine rings is 1. The number of nitrogens with zero attached hydrogens (tertiary/aromatic N) is 4. The van der Waals surface area contributed by atoms with Crippen LogP contribution in [-0.2, 0) is 22.7 Å². The van der Waals surface area contributed by atoms with Crippen molar-refractivity contribution in [2.45, 2.75) is 25.6 Å². The number of aromatic nitrogens is 2. The summed E-state index contributed by atoms with van der Waals surface area (Å²) in [4.78, 5) is 28.7. The predicted molar refractivity (Wildman–Crippen MR) is 114 cm³/mol. The number of nitrogens with one attached hydrogen (secondary N) is 1. The molecule has 8 nitrogen and oxygen atoms in total. The van der Waals surface area contributed by atoms with Crippen molar-refractivity contribution in [2.75, 3.05) is 20.1 Å². The lowest BCUT2D eigenvalue weighted by Gasteiger charge is -2.35. The number of hydrogen-bond donors (Lipinski definition) is 1. The zero-order valence-corrected chi connectivity index (χ0v) is 17.7. The van der Waals surface area contributed by atoms with Crippen molar-refractivity contribution in [2.24, 2.45) is 0 Å². The van der Waals surface area contributed by atoms with E-state index in [1.54, 1.807) is 19.2 Å². The third-order valence-corrected chi connectivity index (χ3v) is 5.37. The fourth-order valence-corrected chi connectivity index (χ4v) is 3.67. The molecule has 3 aromatic rings. The number of carbonyl (C=O) groups is 2. The first-order chi connectivity index (χ1) is 15.5. The summed E-state index contributed by atoms with van der Waals surface area (Å²) < 4.78 is 19.2. The molecule has 1 aliphatic heterocycles. The van der Waals surface area contributed by atoms with E-state index in [0.29, 0.717) is 31.4 Å². The predicted octanol–water partition coefficient (Wildman–Crippen LogP) is 2.22. The second-order valence-electron chi connectivity index (χ2n) is 7.73. The van der Waals surface area contributed by atoms with Crippen molar-refractivity contribution >= 4 is 11.8 Å². The molecule has 2 amide bonds. The summed E-state index contributed by atoms with van der Waals surface area (Å²) in [5, 5.41) is 10.9. The lowest BCUT2D eigenvalue weighted by Crippen LogP contribution is -2.56. The van der Waals surface area contributed by atoms with Gasteiger partial charge >= 0.3 is 0 Å². The maximum atomic E-state index is 13.5.